The standard InChI is InChI=1S/C15H13Br.C13H9Br/c1-15(2)11-7-4-3-6-10(11)14-12(15)8-5-9-13(14)16;14-12-7-3-5-10-8-9-4-1-2-6-11(9)13(10)12/h3-9H,1-2H3;1-7H,8H2. The molecule has 0 aromatic heterocycles. The molecule has 0 amide bonds. The van der Waals surface area contributed by atoms with E-state index in [0.717, 1.165) is 6.42 Å². The van der Waals surface area contributed by atoms with Gasteiger partial charge in [0.1, 0.15) is 0 Å². The van der Waals surface area contributed by atoms with Gasteiger partial charge in [-0.3, -0.25) is 0 Å². The Kier molecular flexibility index (Phi) is 4.95. The molecular formula is C28H22Br2. The quantitative estimate of drug-likeness (QED) is 0.192. The van der Waals surface area contributed by atoms with Crippen molar-refractivity contribution in [1.82, 2.24) is 0 Å². The van der Waals surface area contributed by atoms with Crippen LogP contribution in [0.2, 0.25) is 0 Å². The molecule has 0 saturated carbocycles. The Labute approximate surface area is 195 Å². The second-order valence-corrected chi connectivity index (χ2v) is 10.1. The van der Waals surface area contributed by atoms with Gasteiger partial charge in [-0.2, -0.15) is 0 Å². The molecule has 4 aromatic carbocycles. The fraction of sp³-hybridized carbons (Fsp3) is 0.143. The summed E-state index contributed by atoms with van der Waals surface area (Å²) in [6.07, 6.45) is 1.07. The van der Waals surface area contributed by atoms with Crippen LogP contribution in [0.15, 0.2) is 93.9 Å². The van der Waals surface area contributed by atoms with Gasteiger partial charge in [-0.25, -0.2) is 0 Å². The van der Waals surface area contributed by atoms with Crippen LogP contribution in [0.25, 0.3) is 22.3 Å². The zero-order valence-electron chi connectivity index (χ0n) is 17.0. The summed E-state index contributed by atoms with van der Waals surface area (Å²) in [5, 5.41) is 0. The molecule has 0 N–H and O–H groups in total. The summed E-state index contributed by atoms with van der Waals surface area (Å²) in [7, 11) is 0. The molecule has 0 radical (unpaired) electrons. The van der Waals surface area contributed by atoms with Gasteiger partial charge in [-0.15, -0.1) is 0 Å². The van der Waals surface area contributed by atoms with E-state index in [2.05, 4.69) is 131 Å². The van der Waals surface area contributed by atoms with Crippen molar-refractivity contribution in [3.8, 4) is 22.3 Å². The van der Waals surface area contributed by atoms with Crippen molar-refractivity contribution < 1.29 is 0 Å². The molecule has 0 spiro atoms. The maximum absolute atomic E-state index is 3.67. The van der Waals surface area contributed by atoms with Crippen molar-refractivity contribution in [2.45, 2.75) is 25.7 Å². The van der Waals surface area contributed by atoms with Gasteiger partial charge in [0.05, 0.1) is 0 Å². The highest BCUT2D eigenvalue weighted by Gasteiger charge is 2.35. The third kappa shape index (κ3) is 3.09. The van der Waals surface area contributed by atoms with Crippen LogP contribution in [0.1, 0.15) is 36.1 Å². The lowest BCUT2D eigenvalue weighted by molar-refractivity contribution is 0.660. The minimum absolute atomic E-state index is 0.121. The maximum atomic E-state index is 3.67. The Bertz CT molecular complexity index is 1270. The average molecular weight is 518 g/mol. The first-order chi connectivity index (χ1) is 14.5. The molecule has 2 heteroatoms. The van der Waals surface area contributed by atoms with Crippen LogP contribution >= 0.6 is 31.9 Å². The molecule has 6 rings (SSSR count). The molecule has 0 bridgehead atoms. The van der Waals surface area contributed by atoms with E-state index in [1.54, 1.807) is 0 Å². The first-order valence-corrected chi connectivity index (χ1v) is 11.8. The minimum atomic E-state index is 0.121. The first-order valence-electron chi connectivity index (χ1n) is 10.2. The molecule has 148 valence electrons. The predicted octanol–water partition coefficient (Wildman–Crippen LogP) is 8.78. The third-order valence-corrected chi connectivity index (χ3v) is 7.65. The van der Waals surface area contributed by atoms with Gasteiger partial charge in [0, 0.05) is 19.9 Å². The monoisotopic (exact) mass is 516 g/mol. The number of halogens is 2. The van der Waals surface area contributed by atoms with Crippen LogP contribution in [0.5, 0.6) is 0 Å². The number of benzene rings is 4. The lowest BCUT2D eigenvalue weighted by Gasteiger charge is -2.21. The summed E-state index contributed by atoms with van der Waals surface area (Å²) in [6.45, 7) is 4.59. The van der Waals surface area contributed by atoms with E-state index >= 15 is 0 Å². The summed E-state index contributed by atoms with van der Waals surface area (Å²) in [5.74, 6) is 0. The Morgan fingerprint density at radius 1 is 0.567 bits per heavy atom. The van der Waals surface area contributed by atoms with E-state index in [1.807, 2.05) is 0 Å². The number of rotatable bonds is 0. The van der Waals surface area contributed by atoms with Crippen molar-refractivity contribution in [1.29, 1.82) is 0 Å². The molecule has 0 heterocycles. The van der Waals surface area contributed by atoms with Gasteiger partial charge in [0.25, 0.3) is 0 Å². The summed E-state index contributed by atoms with van der Waals surface area (Å²) < 4.78 is 2.41. The highest BCUT2D eigenvalue weighted by Crippen LogP contribution is 2.50. The highest BCUT2D eigenvalue weighted by atomic mass is 79.9. The van der Waals surface area contributed by atoms with Crippen LogP contribution < -0.4 is 0 Å². The van der Waals surface area contributed by atoms with Crippen LogP contribution in [-0.2, 0) is 11.8 Å². The molecule has 0 nitrogen and oxygen atoms in total. The van der Waals surface area contributed by atoms with Crippen molar-refractivity contribution >= 4 is 31.9 Å². The third-order valence-electron chi connectivity index (χ3n) is 6.32. The first kappa shape index (κ1) is 19.8. The molecule has 30 heavy (non-hydrogen) atoms. The molecule has 0 fully saturated rings. The lowest BCUT2D eigenvalue weighted by Crippen LogP contribution is -2.14. The zero-order chi connectivity index (χ0) is 20.9. The van der Waals surface area contributed by atoms with Crippen molar-refractivity contribution in [2.24, 2.45) is 0 Å². The van der Waals surface area contributed by atoms with Gasteiger partial charge in [0.2, 0.25) is 0 Å². The van der Waals surface area contributed by atoms with E-state index in [9.17, 15) is 0 Å². The Morgan fingerprint density at radius 2 is 1.13 bits per heavy atom. The largest absolute Gasteiger partial charge is 0.0619 e. The molecule has 0 atom stereocenters. The van der Waals surface area contributed by atoms with Crippen molar-refractivity contribution in [3.05, 3.63) is 116 Å². The summed E-state index contributed by atoms with van der Waals surface area (Å²) in [4.78, 5) is 0. The van der Waals surface area contributed by atoms with Gasteiger partial charge >= 0.3 is 0 Å². The highest BCUT2D eigenvalue weighted by molar-refractivity contribution is 9.11. The second-order valence-electron chi connectivity index (χ2n) is 8.44. The van der Waals surface area contributed by atoms with Gasteiger partial charge in [-0.05, 0) is 57.5 Å². The van der Waals surface area contributed by atoms with Crippen LogP contribution in [-0.4, -0.2) is 0 Å². The molecule has 2 aliphatic carbocycles. The minimum Gasteiger partial charge on any atom is -0.0619 e. The number of hydrogen-bond acceptors (Lipinski definition) is 0. The fourth-order valence-electron chi connectivity index (χ4n) is 4.85. The summed E-state index contributed by atoms with van der Waals surface area (Å²) in [5.41, 5.74) is 11.3. The lowest BCUT2D eigenvalue weighted by atomic mass is 9.82. The van der Waals surface area contributed by atoms with Crippen LogP contribution in [0, 0.1) is 0 Å². The molecular weight excluding hydrogens is 496 g/mol. The van der Waals surface area contributed by atoms with E-state index < -0.39 is 0 Å². The molecule has 2 aliphatic rings. The van der Waals surface area contributed by atoms with Gasteiger partial charge < -0.3 is 0 Å². The molecule has 0 aliphatic heterocycles. The summed E-state index contributed by atoms with van der Waals surface area (Å²) in [6, 6.07) is 30.2. The van der Waals surface area contributed by atoms with Crippen molar-refractivity contribution in [3.63, 3.8) is 0 Å². The van der Waals surface area contributed by atoms with Crippen LogP contribution in [0.4, 0.5) is 0 Å². The second kappa shape index (κ2) is 7.51. The zero-order valence-corrected chi connectivity index (χ0v) is 20.2. The Hall–Kier alpha value is -2.16. The van der Waals surface area contributed by atoms with Gasteiger partial charge in [0.15, 0.2) is 0 Å². The predicted molar refractivity (Wildman–Crippen MR) is 134 cm³/mol. The normalized spacial score (nSPS) is 14.1. The Balaban J connectivity index is 0.000000130. The van der Waals surface area contributed by atoms with Crippen LogP contribution in [0.3, 0.4) is 0 Å². The fourth-order valence-corrected chi connectivity index (χ4v) is 6.05. The van der Waals surface area contributed by atoms with E-state index in [0.29, 0.717) is 0 Å². The molecule has 0 unspecified atom stereocenters. The topological polar surface area (TPSA) is 0 Å². The Morgan fingerprint density at radius 3 is 1.93 bits per heavy atom. The number of hydrogen-bond donors (Lipinski definition) is 0. The molecule has 4 aromatic rings. The molecule has 0 saturated heterocycles. The van der Waals surface area contributed by atoms with E-state index in [1.165, 1.54) is 53.5 Å². The maximum Gasteiger partial charge on any atom is 0.0256 e. The van der Waals surface area contributed by atoms with Crippen molar-refractivity contribution in [2.75, 3.05) is 0 Å². The van der Waals surface area contributed by atoms with E-state index in [-0.39, 0.29) is 5.41 Å². The average Bonchev–Trinajstić information content (AvgIpc) is 3.24. The van der Waals surface area contributed by atoms with E-state index in [4.69, 9.17) is 0 Å². The van der Waals surface area contributed by atoms with Gasteiger partial charge in [-0.1, -0.05) is 119 Å². The number of fused-ring (bicyclic) bond motifs is 6. The smallest absolute Gasteiger partial charge is 0.0256 e. The summed E-state index contributed by atoms with van der Waals surface area (Å²) >= 11 is 7.29. The SMILES string of the molecule is Brc1cccc2c1-c1ccccc1C2.CC1(C)c2ccccc2-c2c(Br)cccc21.